The van der Waals surface area contributed by atoms with Gasteiger partial charge < -0.3 is 10.6 Å². The predicted octanol–water partition coefficient (Wildman–Crippen LogP) is 2.77. The van der Waals surface area contributed by atoms with E-state index in [0.29, 0.717) is 18.2 Å². The first-order valence-electron chi connectivity index (χ1n) is 5.44. The molecule has 1 aromatic carbocycles. The van der Waals surface area contributed by atoms with Crippen LogP contribution >= 0.6 is 15.9 Å². The van der Waals surface area contributed by atoms with Crippen LogP contribution in [0.1, 0.15) is 13.8 Å². The molecule has 0 spiro atoms. The van der Waals surface area contributed by atoms with E-state index in [0.717, 1.165) is 4.47 Å². The fourth-order valence-electron chi connectivity index (χ4n) is 1.19. The lowest BCUT2D eigenvalue weighted by molar-refractivity contribution is -0.119. The van der Waals surface area contributed by atoms with Crippen LogP contribution in [0.2, 0.25) is 0 Å². The molecule has 0 unspecified atom stereocenters. The number of hydrogen-bond donors (Lipinski definition) is 2. The van der Waals surface area contributed by atoms with E-state index in [4.69, 9.17) is 0 Å². The number of anilines is 1. The molecule has 0 fully saturated rings. The number of carbonyl (C=O) groups excluding carboxylic acids is 1. The Morgan fingerprint density at radius 1 is 1.47 bits per heavy atom. The van der Waals surface area contributed by atoms with Crippen LogP contribution in [-0.4, -0.2) is 19.0 Å². The highest BCUT2D eigenvalue weighted by Crippen LogP contribution is 2.22. The lowest BCUT2D eigenvalue weighted by atomic mass is 10.2. The summed E-state index contributed by atoms with van der Waals surface area (Å²) >= 11 is 3.28. The van der Waals surface area contributed by atoms with Gasteiger partial charge in [-0.05, 0) is 40.0 Å². The fraction of sp³-hybridized carbons (Fsp3) is 0.417. The van der Waals surface area contributed by atoms with E-state index in [2.05, 4.69) is 26.6 Å². The average molecular weight is 303 g/mol. The Hall–Kier alpha value is -1.10. The Balaban J connectivity index is 2.44. The number of rotatable bonds is 5. The molecule has 2 N–H and O–H groups in total. The molecule has 0 heterocycles. The van der Waals surface area contributed by atoms with Crippen molar-refractivity contribution < 1.29 is 9.18 Å². The monoisotopic (exact) mass is 302 g/mol. The Labute approximate surface area is 109 Å². The van der Waals surface area contributed by atoms with Crippen molar-refractivity contribution in [3.05, 3.63) is 28.5 Å². The largest absolute Gasteiger partial charge is 0.375 e. The molecular weight excluding hydrogens is 287 g/mol. The molecule has 0 radical (unpaired) electrons. The fourth-order valence-corrected chi connectivity index (χ4v) is 1.58. The predicted molar refractivity (Wildman–Crippen MR) is 70.4 cm³/mol. The van der Waals surface area contributed by atoms with Gasteiger partial charge in [0.05, 0.1) is 12.2 Å². The van der Waals surface area contributed by atoms with Crippen molar-refractivity contribution in [3.8, 4) is 0 Å². The molecule has 0 saturated carbocycles. The van der Waals surface area contributed by atoms with Crippen LogP contribution in [0.4, 0.5) is 10.1 Å². The first-order valence-corrected chi connectivity index (χ1v) is 6.24. The van der Waals surface area contributed by atoms with Crippen LogP contribution in [0.15, 0.2) is 22.7 Å². The van der Waals surface area contributed by atoms with Gasteiger partial charge >= 0.3 is 0 Å². The third-order valence-corrected chi connectivity index (χ3v) is 2.77. The molecule has 94 valence electrons. The highest BCUT2D eigenvalue weighted by atomic mass is 79.9. The smallest absolute Gasteiger partial charge is 0.239 e. The second-order valence-electron chi connectivity index (χ2n) is 4.18. The Morgan fingerprint density at radius 2 is 2.18 bits per heavy atom. The van der Waals surface area contributed by atoms with Gasteiger partial charge in [0.15, 0.2) is 0 Å². The van der Waals surface area contributed by atoms with E-state index in [9.17, 15) is 9.18 Å². The molecule has 1 amide bonds. The van der Waals surface area contributed by atoms with Gasteiger partial charge in [0, 0.05) is 11.0 Å². The van der Waals surface area contributed by atoms with E-state index >= 15 is 0 Å². The van der Waals surface area contributed by atoms with Crippen LogP contribution < -0.4 is 10.6 Å². The highest BCUT2D eigenvalue weighted by molar-refractivity contribution is 9.10. The number of halogens is 2. The maximum atomic E-state index is 13.0. The van der Waals surface area contributed by atoms with Gasteiger partial charge in [0.1, 0.15) is 5.82 Å². The van der Waals surface area contributed by atoms with Crippen LogP contribution in [0.25, 0.3) is 0 Å². The van der Waals surface area contributed by atoms with Gasteiger partial charge in [0.25, 0.3) is 0 Å². The number of amides is 1. The number of nitrogens with one attached hydrogen (secondary N) is 2. The van der Waals surface area contributed by atoms with Gasteiger partial charge in [0.2, 0.25) is 5.91 Å². The Kier molecular flexibility index (Phi) is 5.41. The molecule has 0 aromatic heterocycles. The van der Waals surface area contributed by atoms with E-state index < -0.39 is 0 Å². The van der Waals surface area contributed by atoms with Gasteiger partial charge in [-0.15, -0.1) is 0 Å². The second kappa shape index (κ2) is 6.59. The Morgan fingerprint density at radius 3 is 2.82 bits per heavy atom. The molecule has 0 bridgehead atoms. The zero-order valence-electron chi connectivity index (χ0n) is 9.89. The summed E-state index contributed by atoms with van der Waals surface area (Å²) < 4.78 is 13.7. The Bertz CT molecular complexity index is 396. The SMILES string of the molecule is CC(C)CNC(=O)CNc1cc(F)ccc1Br. The molecule has 0 aliphatic carbocycles. The molecular formula is C12H16BrFN2O. The summed E-state index contributed by atoms with van der Waals surface area (Å²) in [5, 5.41) is 5.65. The van der Waals surface area contributed by atoms with E-state index in [1.54, 1.807) is 6.07 Å². The molecule has 0 saturated heterocycles. The maximum absolute atomic E-state index is 13.0. The van der Waals surface area contributed by atoms with Crippen molar-refractivity contribution in [3.63, 3.8) is 0 Å². The average Bonchev–Trinajstić information content (AvgIpc) is 2.27. The van der Waals surface area contributed by atoms with E-state index in [1.165, 1.54) is 12.1 Å². The first kappa shape index (κ1) is 14.0. The van der Waals surface area contributed by atoms with E-state index in [-0.39, 0.29) is 18.3 Å². The summed E-state index contributed by atoms with van der Waals surface area (Å²) in [7, 11) is 0. The summed E-state index contributed by atoms with van der Waals surface area (Å²) in [6.07, 6.45) is 0. The molecule has 3 nitrogen and oxygen atoms in total. The summed E-state index contributed by atoms with van der Waals surface area (Å²) in [5.74, 6) is -0.0204. The lowest BCUT2D eigenvalue weighted by Gasteiger charge is -2.10. The maximum Gasteiger partial charge on any atom is 0.239 e. The molecule has 17 heavy (non-hydrogen) atoms. The van der Waals surface area contributed by atoms with Gasteiger partial charge in [-0.3, -0.25) is 4.79 Å². The van der Waals surface area contributed by atoms with Crippen LogP contribution in [-0.2, 0) is 4.79 Å². The number of hydrogen-bond acceptors (Lipinski definition) is 2. The number of carbonyl (C=O) groups is 1. The van der Waals surface area contributed by atoms with Gasteiger partial charge in [-0.1, -0.05) is 13.8 Å². The van der Waals surface area contributed by atoms with Crippen molar-refractivity contribution in [1.82, 2.24) is 5.32 Å². The minimum atomic E-state index is -0.335. The van der Waals surface area contributed by atoms with Crippen molar-refractivity contribution in [2.75, 3.05) is 18.4 Å². The second-order valence-corrected chi connectivity index (χ2v) is 5.03. The number of benzene rings is 1. The van der Waals surface area contributed by atoms with Crippen molar-refractivity contribution in [2.45, 2.75) is 13.8 Å². The van der Waals surface area contributed by atoms with Crippen LogP contribution in [0, 0.1) is 11.7 Å². The molecule has 5 heteroatoms. The van der Waals surface area contributed by atoms with E-state index in [1.807, 2.05) is 13.8 Å². The van der Waals surface area contributed by atoms with Crippen LogP contribution in [0.5, 0.6) is 0 Å². The lowest BCUT2D eigenvalue weighted by Crippen LogP contribution is -2.32. The van der Waals surface area contributed by atoms with Crippen molar-refractivity contribution >= 4 is 27.5 Å². The first-order chi connectivity index (χ1) is 7.99. The normalized spacial score (nSPS) is 10.4. The quantitative estimate of drug-likeness (QED) is 0.878. The molecule has 1 rings (SSSR count). The summed E-state index contributed by atoms with van der Waals surface area (Å²) in [4.78, 5) is 11.4. The summed E-state index contributed by atoms with van der Waals surface area (Å²) in [6.45, 7) is 4.83. The van der Waals surface area contributed by atoms with Crippen molar-refractivity contribution in [2.24, 2.45) is 5.92 Å². The van der Waals surface area contributed by atoms with Gasteiger partial charge in [-0.2, -0.15) is 0 Å². The van der Waals surface area contributed by atoms with Crippen molar-refractivity contribution in [1.29, 1.82) is 0 Å². The summed E-state index contributed by atoms with van der Waals surface area (Å²) in [5.41, 5.74) is 0.574. The standard InChI is InChI=1S/C12H16BrFN2O/c1-8(2)6-16-12(17)7-15-11-5-9(14)3-4-10(11)13/h3-5,8,15H,6-7H2,1-2H3,(H,16,17). The third-order valence-electron chi connectivity index (χ3n) is 2.08. The molecule has 0 atom stereocenters. The minimum absolute atomic E-state index is 0.102. The van der Waals surface area contributed by atoms with Crippen LogP contribution in [0.3, 0.4) is 0 Å². The molecule has 1 aromatic rings. The third kappa shape index (κ3) is 5.17. The topological polar surface area (TPSA) is 41.1 Å². The van der Waals surface area contributed by atoms with Gasteiger partial charge in [-0.25, -0.2) is 4.39 Å². The minimum Gasteiger partial charge on any atom is -0.375 e. The highest BCUT2D eigenvalue weighted by Gasteiger charge is 2.05. The zero-order chi connectivity index (χ0) is 12.8. The summed E-state index contributed by atoms with van der Waals surface area (Å²) in [6, 6.07) is 4.30. The zero-order valence-corrected chi connectivity index (χ0v) is 11.5. The molecule has 0 aliphatic heterocycles. The molecule has 0 aliphatic rings.